The molecule has 2 N–H and O–H groups in total. The maximum absolute atomic E-state index is 12.1. The van der Waals surface area contributed by atoms with Crippen LogP contribution < -0.4 is 10.5 Å². The Labute approximate surface area is 132 Å². The van der Waals surface area contributed by atoms with Crippen molar-refractivity contribution >= 4 is 11.5 Å². The van der Waals surface area contributed by atoms with Gasteiger partial charge in [0.2, 0.25) is 0 Å². The Morgan fingerprint density at radius 3 is 2.86 bits per heavy atom. The third-order valence-electron chi connectivity index (χ3n) is 5.06. The van der Waals surface area contributed by atoms with Gasteiger partial charge in [-0.1, -0.05) is 0 Å². The Bertz CT molecular complexity index is 550. The second kappa shape index (κ2) is 6.69. The van der Waals surface area contributed by atoms with Crippen molar-refractivity contribution in [1.82, 2.24) is 4.90 Å². The van der Waals surface area contributed by atoms with Crippen LogP contribution in [0.1, 0.15) is 49.1 Å². The molecule has 0 aromatic heterocycles. The summed E-state index contributed by atoms with van der Waals surface area (Å²) in [4.78, 5) is 14.4. The van der Waals surface area contributed by atoms with Crippen LogP contribution in [0.5, 0.6) is 5.75 Å². The van der Waals surface area contributed by atoms with Gasteiger partial charge in [-0.15, -0.1) is 0 Å². The Hall–Kier alpha value is -1.55. The second-order valence-electron chi connectivity index (χ2n) is 6.59. The fourth-order valence-electron chi connectivity index (χ4n) is 3.82. The van der Waals surface area contributed by atoms with Gasteiger partial charge in [0.25, 0.3) is 0 Å². The summed E-state index contributed by atoms with van der Waals surface area (Å²) in [6, 6.07) is 4.12. The first-order chi connectivity index (χ1) is 10.7. The highest BCUT2D eigenvalue weighted by molar-refractivity contribution is 5.80. The van der Waals surface area contributed by atoms with Crippen LogP contribution in [-0.2, 0) is 11.2 Å². The zero-order chi connectivity index (χ0) is 15.5. The van der Waals surface area contributed by atoms with Gasteiger partial charge in [-0.3, -0.25) is 9.69 Å². The Kier molecular flexibility index (Phi) is 4.67. The lowest BCUT2D eigenvalue weighted by atomic mass is 9.94. The third-order valence-corrected chi connectivity index (χ3v) is 5.06. The predicted molar refractivity (Wildman–Crippen MR) is 88.4 cm³/mol. The van der Waals surface area contributed by atoms with E-state index >= 15 is 0 Å². The molecule has 1 saturated heterocycles. The average Bonchev–Trinajstić information content (AvgIpc) is 3.14. The van der Waals surface area contributed by atoms with Gasteiger partial charge in [0.1, 0.15) is 11.5 Å². The van der Waals surface area contributed by atoms with E-state index in [-0.39, 0.29) is 0 Å². The first-order valence-corrected chi connectivity index (χ1v) is 8.37. The molecule has 2 aliphatic rings. The zero-order valence-electron chi connectivity index (χ0n) is 13.4. The summed E-state index contributed by atoms with van der Waals surface area (Å²) >= 11 is 0. The molecule has 1 unspecified atom stereocenters. The maximum atomic E-state index is 12.1. The van der Waals surface area contributed by atoms with Crippen molar-refractivity contribution in [3.63, 3.8) is 0 Å². The van der Waals surface area contributed by atoms with Crippen molar-refractivity contribution in [2.75, 3.05) is 32.5 Å². The third kappa shape index (κ3) is 3.27. The molecule has 1 fully saturated rings. The number of methoxy groups -OCH3 is 1. The largest absolute Gasteiger partial charge is 0.495 e. The summed E-state index contributed by atoms with van der Waals surface area (Å²) in [5.41, 5.74) is 9.40. The number of carbonyl (C=O) groups is 1. The smallest absolute Gasteiger partial charge is 0.146 e. The number of carbonyl (C=O) groups excluding carboxylic acids is 1. The average molecular weight is 302 g/mol. The number of hydrogen-bond donors (Lipinski definition) is 1. The molecule has 0 bridgehead atoms. The van der Waals surface area contributed by atoms with E-state index in [1.54, 1.807) is 7.11 Å². The summed E-state index contributed by atoms with van der Waals surface area (Å²) in [7, 11) is 1.65. The zero-order valence-corrected chi connectivity index (χ0v) is 13.4. The lowest BCUT2D eigenvalue weighted by Crippen LogP contribution is -2.26. The molecule has 0 spiro atoms. The quantitative estimate of drug-likeness (QED) is 0.821. The van der Waals surface area contributed by atoms with E-state index in [9.17, 15) is 4.79 Å². The van der Waals surface area contributed by atoms with Gasteiger partial charge in [0.05, 0.1) is 19.3 Å². The van der Waals surface area contributed by atoms with Gasteiger partial charge < -0.3 is 10.5 Å². The van der Waals surface area contributed by atoms with Crippen LogP contribution in [0.15, 0.2) is 12.1 Å². The molecule has 1 aliphatic heterocycles. The molecule has 22 heavy (non-hydrogen) atoms. The SMILES string of the molecule is COc1cc2c(cc1N)C(CCC(=O)CN1CCCC1)CC2. The van der Waals surface area contributed by atoms with E-state index in [2.05, 4.69) is 17.0 Å². The monoisotopic (exact) mass is 302 g/mol. The maximum Gasteiger partial charge on any atom is 0.146 e. The lowest BCUT2D eigenvalue weighted by Gasteiger charge is -2.16. The number of benzene rings is 1. The molecule has 3 rings (SSSR count). The number of nitrogens with two attached hydrogens (primary N) is 1. The first kappa shape index (κ1) is 15.3. The molecule has 0 radical (unpaired) electrons. The van der Waals surface area contributed by atoms with Crippen LogP contribution in [0.2, 0.25) is 0 Å². The van der Waals surface area contributed by atoms with Crippen LogP contribution in [0.25, 0.3) is 0 Å². The van der Waals surface area contributed by atoms with Gasteiger partial charge in [-0.2, -0.15) is 0 Å². The Balaban J connectivity index is 1.57. The molecule has 4 nitrogen and oxygen atoms in total. The van der Waals surface area contributed by atoms with Gasteiger partial charge in [0.15, 0.2) is 0 Å². The molecule has 1 aromatic carbocycles. The number of rotatable bonds is 6. The summed E-state index contributed by atoms with van der Waals surface area (Å²) in [5, 5.41) is 0. The normalized spacial score (nSPS) is 21.0. The van der Waals surface area contributed by atoms with E-state index < -0.39 is 0 Å². The van der Waals surface area contributed by atoms with Crippen LogP contribution in [0.3, 0.4) is 0 Å². The number of likely N-dealkylation sites (tertiary alicyclic amines) is 1. The summed E-state index contributed by atoms with van der Waals surface area (Å²) in [6.07, 6.45) is 6.31. The summed E-state index contributed by atoms with van der Waals surface area (Å²) < 4.78 is 5.29. The number of aryl methyl sites for hydroxylation is 1. The van der Waals surface area contributed by atoms with Crippen LogP contribution >= 0.6 is 0 Å². The Morgan fingerprint density at radius 2 is 2.14 bits per heavy atom. The molecule has 1 atom stereocenters. The van der Waals surface area contributed by atoms with E-state index in [0.717, 1.165) is 38.1 Å². The van der Waals surface area contributed by atoms with E-state index in [0.29, 0.717) is 30.4 Å². The number of fused-ring (bicyclic) bond motifs is 1. The summed E-state index contributed by atoms with van der Waals surface area (Å²) in [5.74, 6) is 1.63. The second-order valence-corrected chi connectivity index (χ2v) is 6.59. The van der Waals surface area contributed by atoms with Crippen molar-refractivity contribution < 1.29 is 9.53 Å². The van der Waals surface area contributed by atoms with Gasteiger partial charge in [-0.05, 0) is 74.4 Å². The molecule has 1 heterocycles. The van der Waals surface area contributed by atoms with Gasteiger partial charge >= 0.3 is 0 Å². The topological polar surface area (TPSA) is 55.6 Å². The molecule has 120 valence electrons. The van der Waals surface area contributed by atoms with Crippen molar-refractivity contribution in [3.8, 4) is 5.75 Å². The summed E-state index contributed by atoms with van der Waals surface area (Å²) in [6.45, 7) is 2.83. The van der Waals surface area contributed by atoms with Crippen molar-refractivity contribution in [2.24, 2.45) is 0 Å². The number of nitrogen functional groups attached to an aromatic ring is 1. The Morgan fingerprint density at radius 1 is 1.36 bits per heavy atom. The minimum absolute atomic E-state index is 0.386. The lowest BCUT2D eigenvalue weighted by molar-refractivity contribution is -0.120. The minimum atomic E-state index is 0.386. The minimum Gasteiger partial charge on any atom is -0.495 e. The van der Waals surface area contributed by atoms with Crippen molar-refractivity contribution in [1.29, 1.82) is 0 Å². The van der Waals surface area contributed by atoms with Crippen LogP contribution in [-0.4, -0.2) is 37.4 Å². The number of nitrogens with zero attached hydrogens (tertiary/aromatic N) is 1. The highest BCUT2D eigenvalue weighted by Gasteiger charge is 2.25. The molecule has 0 saturated carbocycles. The van der Waals surface area contributed by atoms with Crippen LogP contribution in [0.4, 0.5) is 5.69 Å². The predicted octanol–water partition coefficient (Wildman–Crippen LogP) is 2.75. The fourth-order valence-corrected chi connectivity index (χ4v) is 3.82. The molecule has 1 aromatic rings. The van der Waals surface area contributed by atoms with Gasteiger partial charge in [-0.25, -0.2) is 0 Å². The fraction of sp³-hybridized carbons (Fsp3) is 0.611. The standard InChI is InChI=1S/C18H26N2O2/c1-22-18-10-14-5-4-13(16(14)11-17(18)19)6-7-15(21)12-20-8-2-3-9-20/h10-11,13H,2-9,12,19H2,1H3. The van der Waals surface area contributed by atoms with E-state index in [1.807, 2.05) is 0 Å². The molecular formula is C18H26N2O2. The van der Waals surface area contributed by atoms with E-state index in [4.69, 9.17) is 10.5 Å². The van der Waals surface area contributed by atoms with Crippen LogP contribution in [0, 0.1) is 0 Å². The number of ether oxygens (including phenoxy) is 1. The number of Topliss-reactive ketones (excluding diaryl/α,β-unsaturated/α-hetero) is 1. The highest BCUT2D eigenvalue weighted by Crippen LogP contribution is 2.40. The van der Waals surface area contributed by atoms with Gasteiger partial charge in [0, 0.05) is 6.42 Å². The number of ketones is 1. The van der Waals surface area contributed by atoms with Crippen molar-refractivity contribution in [3.05, 3.63) is 23.3 Å². The molecular weight excluding hydrogens is 276 g/mol. The molecule has 4 heteroatoms. The number of anilines is 1. The highest BCUT2D eigenvalue weighted by atomic mass is 16.5. The number of hydrogen-bond acceptors (Lipinski definition) is 4. The first-order valence-electron chi connectivity index (χ1n) is 8.37. The van der Waals surface area contributed by atoms with Crippen molar-refractivity contribution in [2.45, 2.75) is 44.4 Å². The van der Waals surface area contributed by atoms with E-state index in [1.165, 1.54) is 24.0 Å². The molecule has 0 amide bonds. The molecule has 1 aliphatic carbocycles.